The minimum atomic E-state index is -0.0885. The maximum absolute atomic E-state index is 13.5. The molecule has 2 saturated heterocycles. The second-order valence-electron chi connectivity index (χ2n) is 8.11. The van der Waals surface area contributed by atoms with Crippen molar-refractivity contribution in [2.45, 2.75) is 12.5 Å². The summed E-state index contributed by atoms with van der Waals surface area (Å²) in [5.41, 5.74) is 2.52. The number of halogens is 2. The van der Waals surface area contributed by atoms with Crippen LogP contribution in [0.25, 0.3) is 16.8 Å². The molecular weight excluding hydrogens is 451 g/mol. The summed E-state index contributed by atoms with van der Waals surface area (Å²) in [6.07, 6.45) is 4.08. The molecule has 0 bridgehead atoms. The van der Waals surface area contributed by atoms with E-state index in [1.165, 1.54) is 4.80 Å². The molecule has 2 aliphatic heterocycles. The number of piperidine rings is 1. The van der Waals surface area contributed by atoms with Crippen LogP contribution in [0.5, 0.6) is 0 Å². The molecule has 0 spiro atoms. The number of carbonyl (C=O) groups is 1. The highest BCUT2D eigenvalue weighted by molar-refractivity contribution is 6.31. The number of fused-ring (bicyclic) bond motifs is 2. The van der Waals surface area contributed by atoms with Crippen LogP contribution < -0.4 is 4.90 Å². The fourth-order valence-corrected chi connectivity index (χ4v) is 4.91. The van der Waals surface area contributed by atoms with Crippen molar-refractivity contribution in [2.75, 3.05) is 24.5 Å². The van der Waals surface area contributed by atoms with Crippen LogP contribution in [0.4, 0.5) is 6.01 Å². The molecule has 8 nitrogen and oxygen atoms in total. The molecule has 4 aromatic rings. The molecule has 2 aromatic heterocycles. The van der Waals surface area contributed by atoms with Gasteiger partial charge in [0.1, 0.15) is 5.52 Å². The number of carbonyl (C=O) groups excluding carboxylic acids is 1. The highest BCUT2D eigenvalue weighted by Crippen LogP contribution is 2.38. The molecule has 1 amide bonds. The number of benzene rings is 2. The Morgan fingerprint density at radius 2 is 1.81 bits per heavy atom. The van der Waals surface area contributed by atoms with Crippen molar-refractivity contribution in [3.05, 3.63) is 64.4 Å². The van der Waals surface area contributed by atoms with Crippen LogP contribution in [0.2, 0.25) is 10.0 Å². The SMILES string of the molecule is O=C(c1cc(Cl)ccc1-n1nccn1)N1CCC2CN(c3nc4cc(Cl)ccc4o3)[C@@H]2C1. The van der Waals surface area contributed by atoms with Crippen molar-refractivity contribution < 1.29 is 9.21 Å². The highest BCUT2D eigenvalue weighted by atomic mass is 35.5. The quantitative estimate of drug-likeness (QED) is 0.450. The first-order valence-corrected chi connectivity index (χ1v) is 11.1. The van der Waals surface area contributed by atoms with E-state index in [0.717, 1.165) is 18.5 Å². The largest absolute Gasteiger partial charge is 0.423 e. The van der Waals surface area contributed by atoms with Gasteiger partial charge in [-0.1, -0.05) is 23.2 Å². The molecule has 2 aliphatic rings. The van der Waals surface area contributed by atoms with Crippen molar-refractivity contribution in [2.24, 2.45) is 5.92 Å². The zero-order valence-electron chi connectivity index (χ0n) is 16.9. The molecular formula is C22H18Cl2N6O2. The smallest absolute Gasteiger partial charge is 0.298 e. The number of hydrogen-bond acceptors (Lipinski definition) is 6. The molecule has 2 fully saturated rings. The third-order valence-electron chi connectivity index (χ3n) is 6.25. The van der Waals surface area contributed by atoms with E-state index in [0.29, 0.717) is 51.9 Å². The van der Waals surface area contributed by atoms with Gasteiger partial charge in [-0.3, -0.25) is 4.79 Å². The molecule has 2 atom stereocenters. The summed E-state index contributed by atoms with van der Waals surface area (Å²) < 4.78 is 5.96. The lowest BCUT2D eigenvalue weighted by atomic mass is 9.82. The summed E-state index contributed by atoms with van der Waals surface area (Å²) in [4.78, 5) is 23.5. The Kier molecular flexibility index (Phi) is 4.58. The van der Waals surface area contributed by atoms with Gasteiger partial charge in [-0.15, -0.1) is 0 Å². The van der Waals surface area contributed by atoms with Gasteiger partial charge < -0.3 is 14.2 Å². The number of likely N-dealkylation sites (tertiary alicyclic amines) is 1. The molecule has 0 aliphatic carbocycles. The van der Waals surface area contributed by atoms with E-state index in [-0.39, 0.29) is 11.9 Å². The van der Waals surface area contributed by atoms with Gasteiger partial charge in [0.05, 0.1) is 29.7 Å². The molecule has 10 heteroatoms. The molecule has 162 valence electrons. The Labute approximate surface area is 193 Å². The predicted molar refractivity (Wildman–Crippen MR) is 121 cm³/mol. The monoisotopic (exact) mass is 468 g/mol. The summed E-state index contributed by atoms with van der Waals surface area (Å²) >= 11 is 12.3. The van der Waals surface area contributed by atoms with Gasteiger partial charge in [-0.05, 0) is 42.8 Å². The lowest BCUT2D eigenvalue weighted by Crippen LogP contribution is -2.65. The minimum Gasteiger partial charge on any atom is -0.423 e. The maximum atomic E-state index is 13.5. The minimum absolute atomic E-state index is 0.0885. The van der Waals surface area contributed by atoms with Gasteiger partial charge in [0.2, 0.25) is 0 Å². The highest BCUT2D eigenvalue weighted by Gasteiger charge is 2.45. The maximum Gasteiger partial charge on any atom is 0.298 e. The standard InChI is InChI=1S/C22H18Cl2N6O2/c23-14-1-3-18(30-25-6-7-26-30)16(9-14)21(31)28-8-5-13-11-29(19(13)12-28)22-27-17-10-15(24)2-4-20(17)32-22/h1-4,6-7,9-10,13,19H,5,8,11-12H2/t13?,19-/m1/s1. The molecule has 0 N–H and O–H groups in total. The van der Waals surface area contributed by atoms with Gasteiger partial charge in [0, 0.05) is 35.6 Å². The number of rotatable bonds is 3. The normalized spacial score (nSPS) is 20.3. The van der Waals surface area contributed by atoms with Gasteiger partial charge in [-0.25, -0.2) is 0 Å². The zero-order valence-corrected chi connectivity index (χ0v) is 18.4. The molecule has 1 unspecified atom stereocenters. The van der Waals surface area contributed by atoms with E-state index < -0.39 is 0 Å². The van der Waals surface area contributed by atoms with Crippen molar-refractivity contribution in [3.8, 4) is 5.69 Å². The molecule has 0 saturated carbocycles. The van der Waals surface area contributed by atoms with Crippen LogP contribution in [0, 0.1) is 5.92 Å². The number of nitrogens with zero attached hydrogens (tertiary/aromatic N) is 6. The van der Waals surface area contributed by atoms with Crippen LogP contribution in [0.15, 0.2) is 53.2 Å². The van der Waals surface area contributed by atoms with Crippen LogP contribution in [0.1, 0.15) is 16.8 Å². The first-order chi connectivity index (χ1) is 15.6. The van der Waals surface area contributed by atoms with Crippen molar-refractivity contribution in [3.63, 3.8) is 0 Å². The second kappa shape index (κ2) is 7.50. The summed E-state index contributed by atoms with van der Waals surface area (Å²) in [5, 5.41) is 9.47. The van der Waals surface area contributed by atoms with Crippen LogP contribution in [0.3, 0.4) is 0 Å². The lowest BCUT2D eigenvalue weighted by molar-refractivity contribution is 0.0583. The fraction of sp³-hybridized carbons (Fsp3) is 0.273. The predicted octanol–water partition coefficient (Wildman–Crippen LogP) is 4.07. The average molecular weight is 469 g/mol. The van der Waals surface area contributed by atoms with E-state index in [1.807, 2.05) is 11.0 Å². The Hall–Kier alpha value is -3.10. The van der Waals surface area contributed by atoms with E-state index in [2.05, 4.69) is 20.1 Å². The lowest BCUT2D eigenvalue weighted by Gasteiger charge is -2.52. The number of oxazole rings is 1. The third-order valence-corrected chi connectivity index (χ3v) is 6.72. The number of anilines is 1. The van der Waals surface area contributed by atoms with Gasteiger partial charge in [0.15, 0.2) is 5.58 Å². The molecule has 32 heavy (non-hydrogen) atoms. The summed E-state index contributed by atoms with van der Waals surface area (Å²) in [6, 6.07) is 11.3. The number of amides is 1. The third kappa shape index (κ3) is 3.22. The van der Waals surface area contributed by atoms with Crippen LogP contribution in [-0.4, -0.2) is 56.5 Å². The second-order valence-corrected chi connectivity index (χ2v) is 8.98. The van der Waals surface area contributed by atoms with Crippen molar-refractivity contribution in [1.82, 2.24) is 24.9 Å². The number of hydrogen-bond donors (Lipinski definition) is 0. The summed E-state index contributed by atoms with van der Waals surface area (Å²) in [5.74, 6) is 0.415. The van der Waals surface area contributed by atoms with Crippen LogP contribution in [-0.2, 0) is 0 Å². The fourth-order valence-electron chi connectivity index (χ4n) is 4.58. The summed E-state index contributed by atoms with van der Waals surface area (Å²) in [7, 11) is 0. The van der Waals surface area contributed by atoms with Gasteiger partial charge in [0.25, 0.3) is 11.9 Å². The van der Waals surface area contributed by atoms with Gasteiger partial charge in [-0.2, -0.15) is 20.0 Å². The van der Waals surface area contributed by atoms with Gasteiger partial charge >= 0.3 is 0 Å². The zero-order chi connectivity index (χ0) is 21.8. The Balaban J connectivity index is 1.26. The average Bonchev–Trinajstić information content (AvgIpc) is 3.44. The topological polar surface area (TPSA) is 80.3 Å². The van der Waals surface area contributed by atoms with E-state index in [4.69, 9.17) is 27.6 Å². The molecule has 2 aromatic carbocycles. The Morgan fingerprint density at radius 1 is 1.03 bits per heavy atom. The van der Waals surface area contributed by atoms with E-state index >= 15 is 0 Å². The Morgan fingerprint density at radius 3 is 2.66 bits per heavy atom. The molecule has 0 radical (unpaired) electrons. The van der Waals surface area contributed by atoms with Crippen molar-refractivity contribution >= 4 is 46.2 Å². The first kappa shape index (κ1) is 19.6. The van der Waals surface area contributed by atoms with Crippen molar-refractivity contribution in [1.29, 1.82) is 0 Å². The van der Waals surface area contributed by atoms with E-state index in [1.54, 1.807) is 42.7 Å². The number of aromatic nitrogens is 4. The first-order valence-electron chi connectivity index (χ1n) is 10.3. The summed E-state index contributed by atoms with van der Waals surface area (Å²) in [6.45, 7) is 2.14. The molecule has 4 heterocycles. The molecule has 6 rings (SSSR count). The van der Waals surface area contributed by atoms with Crippen LogP contribution >= 0.6 is 23.2 Å². The van der Waals surface area contributed by atoms with E-state index in [9.17, 15) is 4.79 Å². The Bertz CT molecular complexity index is 1320.